The Bertz CT molecular complexity index is 2310. The molecule has 9 rings (SSSR count). The molecule has 21 nitrogen and oxygen atoms in total. The topological polar surface area (TPSA) is 293 Å². The number of anilines is 1. The molecule has 22 heteroatoms. The maximum atomic E-state index is 12.7. The molecular weight excluding hydrogens is 1000 g/mol. The fourth-order valence-corrected chi connectivity index (χ4v) is 7.11. The van der Waals surface area contributed by atoms with E-state index in [0.29, 0.717) is 38.3 Å². The molecule has 2 fully saturated rings. The van der Waals surface area contributed by atoms with Crippen LogP contribution in [-0.4, -0.2) is 135 Å². The van der Waals surface area contributed by atoms with Gasteiger partial charge >= 0.3 is 18.2 Å². The summed E-state index contributed by atoms with van der Waals surface area (Å²) in [4.78, 5) is 56.9. The number of hydrogen-bond donors (Lipinski definition) is 8. The Kier molecular flexibility index (Phi) is 29.8. The largest absolute Gasteiger partial charge is 0.481 e. The van der Waals surface area contributed by atoms with Gasteiger partial charge in [-0.3, -0.25) is 15.0 Å². The molecule has 74 heavy (non-hydrogen) atoms. The minimum absolute atomic E-state index is 0. The second-order valence-electron chi connectivity index (χ2n) is 17.3. The number of carboxylic acid groups (broad SMARTS) is 2. The van der Waals surface area contributed by atoms with Gasteiger partial charge in [0.2, 0.25) is 0 Å². The van der Waals surface area contributed by atoms with Crippen LogP contribution >= 0.6 is 0 Å². The van der Waals surface area contributed by atoms with Crippen LogP contribution in [0, 0.1) is 0 Å². The van der Waals surface area contributed by atoms with Crippen molar-refractivity contribution in [2.24, 2.45) is 26.9 Å². The molecule has 3 unspecified atom stereocenters. The van der Waals surface area contributed by atoms with Gasteiger partial charge in [-0.1, -0.05) is 117 Å². The van der Waals surface area contributed by atoms with E-state index in [0.717, 1.165) is 57.0 Å². The van der Waals surface area contributed by atoms with Crippen LogP contribution in [0.1, 0.15) is 96.1 Å². The van der Waals surface area contributed by atoms with Crippen molar-refractivity contribution >= 4 is 54.4 Å². The maximum Gasteiger partial charge on any atom is 0.421 e. The molecule has 5 amide bonds. The summed E-state index contributed by atoms with van der Waals surface area (Å²) >= 11 is 0. The van der Waals surface area contributed by atoms with Gasteiger partial charge in [-0.2, -0.15) is 15.3 Å². The van der Waals surface area contributed by atoms with Gasteiger partial charge in [-0.15, -0.1) is 0 Å². The average Bonchev–Trinajstić information content (AvgIpc) is 4.17. The van der Waals surface area contributed by atoms with Crippen molar-refractivity contribution in [1.82, 2.24) is 30.7 Å². The Labute approximate surface area is 445 Å². The minimum Gasteiger partial charge on any atom is -0.481 e. The van der Waals surface area contributed by atoms with Crippen molar-refractivity contribution in [1.29, 1.82) is 0 Å². The normalized spacial score (nSPS) is 17.4. The molecule has 3 atom stereocenters. The van der Waals surface area contributed by atoms with Crippen LogP contribution in [0.25, 0.3) is 0 Å². The van der Waals surface area contributed by atoms with Gasteiger partial charge in [0.1, 0.15) is 5.60 Å². The Balaban J connectivity index is 0.000000485. The summed E-state index contributed by atoms with van der Waals surface area (Å²) in [6.45, 7) is 10.1. The van der Waals surface area contributed by atoms with Crippen LogP contribution < -0.4 is 27.7 Å². The molecule has 0 aromatic heterocycles. The number of carbonyl (C=O) groups is 5. The van der Waals surface area contributed by atoms with Gasteiger partial charge in [0.05, 0.1) is 24.2 Å². The number of para-hydroxylation sites is 1. The van der Waals surface area contributed by atoms with Gasteiger partial charge < -0.3 is 46.3 Å². The summed E-state index contributed by atoms with van der Waals surface area (Å²) in [7, 11) is 1.00. The summed E-state index contributed by atoms with van der Waals surface area (Å²) in [6.07, 6.45) is 7.49. The fourth-order valence-electron chi connectivity index (χ4n) is 7.11. The number of aliphatic hydroxyl groups is 1. The number of aliphatic carboxylic acids is 2. The zero-order valence-corrected chi connectivity index (χ0v) is 42.9. The summed E-state index contributed by atoms with van der Waals surface area (Å²) in [5, 5.41) is 40.9. The van der Waals surface area contributed by atoms with Crippen molar-refractivity contribution in [3.05, 3.63) is 138 Å². The van der Waals surface area contributed by atoms with E-state index >= 15 is 0 Å². The van der Waals surface area contributed by atoms with Crippen LogP contribution in [0.15, 0.2) is 137 Å². The Morgan fingerprint density at radius 3 is 1.35 bits per heavy atom. The number of likely N-dealkylation sites (tertiary alicyclic amines) is 2. The number of nitrogens with two attached hydrogens (primary N) is 2. The van der Waals surface area contributed by atoms with Crippen LogP contribution in [0.3, 0.4) is 0 Å². The van der Waals surface area contributed by atoms with E-state index in [9.17, 15) is 14.4 Å². The zero-order valence-electron chi connectivity index (χ0n) is 42.0. The molecule has 0 saturated carbocycles. The Morgan fingerprint density at radius 1 is 0.635 bits per heavy atom. The summed E-state index contributed by atoms with van der Waals surface area (Å²) in [5.41, 5.74) is 14.8. The molecule has 4 aromatic carbocycles. The van der Waals surface area contributed by atoms with Crippen LogP contribution in [0.2, 0.25) is 0 Å². The van der Waals surface area contributed by atoms with E-state index in [1.54, 1.807) is 41.9 Å². The fraction of sp³-hybridized carbons (Fsp3) is 0.385. The molecule has 0 aliphatic carbocycles. The molecule has 5 heterocycles. The maximum absolute atomic E-state index is 12.7. The predicted octanol–water partition coefficient (Wildman–Crippen LogP) is 7.03. The van der Waals surface area contributed by atoms with E-state index < -0.39 is 23.6 Å². The molecule has 10 N–H and O–H groups in total. The monoisotopic (exact) mass is 1070 g/mol. The standard InChI is InChI=1S/C19H20N4O.C13H16N4O.C9H10N2.C5H12N2O2.2C2H4O2.CH4O.CH4.Cu/c24-19(22-13-17(14-22)21-16-9-5-2-6-10-16)23-18(11-12-20-23)15-7-3-1-4-8-15;14-11-8-16(9-11)13(18)17-12(6-7-15-17)10-4-2-1-3-5-10;1-2-4-8(5-3-1)9-6-7-10-11-9;1-5(2,3)9-4(8)7-6;2*1-2(3)4;1-2;;/h1-10,12,17-18,21H,11,13-14H2;1-5,7,11-12H,6,8-9,14H2;1-5,7,9,11H,6H2;6H2,1-3H3,(H,7,8);2*1H3,(H,3,4);2H,1H3;1H4;. The molecule has 5 aliphatic rings. The average molecular weight is 1070 g/mol. The van der Waals surface area contributed by atoms with Gasteiger partial charge in [-0.05, 0) is 49.6 Å². The first kappa shape index (κ1) is 64.7. The Morgan fingerprint density at radius 2 is 1.01 bits per heavy atom. The number of rotatable bonds is 5. The van der Waals surface area contributed by atoms with Crippen molar-refractivity contribution in [2.75, 3.05) is 38.6 Å². The molecule has 5 aliphatic heterocycles. The second-order valence-corrected chi connectivity index (χ2v) is 17.3. The van der Waals surface area contributed by atoms with E-state index in [1.807, 2.05) is 108 Å². The third-order valence-electron chi connectivity index (χ3n) is 10.3. The van der Waals surface area contributed by atoms with Crippen molar-refractivity contribution in [3.63, 3.8) is 0 Å². The number of amides is 5. The van der Waals surface area contributed by atoms with Crippen molar-refractivity contribution < 1.29 is 61.1 Å². The summed E-state index contributed by atoms with van der Waals surface area (Å²) < 4.78 is 4.71. The number of benzene rings is 4. The summed E-state index contributed by atoms with van der Waals surface area (Å²) in [5.74, 6) is 3.09. The van der Waals surface area contributed by atoms with E-state index in [-0.39, 0.29) is 54.7 Å². The smallest absolute Gasteiger partial charge is 0.421 e. The Hall–Kier alpha value is -7.36. The van der Waals surface area contributed by atoms with Crippen LogP contribution in [0.4, 0.5) is 20.1 Å². The first-order valence-electron chi connectivity index (χ1n) is 23.2. The van der Waals surface area contributed by atoms with Gasteiger partial charge in [0.15, 0.2) is 0 Å². The summed E-state index contributed by atoms with van der Waals surface area (Å²) in [6, 6.07) is 41.4. The third-order valence-corrected chi connectivity index (χ3v) is 10.3. The van der Waals surface area contributed by atoms with E-state index in [4.69, 9.17) is 41.2 Å². The van der Waals surface area contributed by atoms with Gasteiger partial charge in [-0.25, -0.2) is 30.2 Å². The predicted molar refractivity (Wildman–Crippen MR) is 285 cm³/mol. The minimum atomic E-state index is -0.833. The molecule has 0 bridgehead atoms. The number of carboxylic acids is 2. The molecule has 1 radical (unpaired) electrons. The molecule has 2 saturated heterocycles. The van der Waals surface area contributed by atoms with Crippen LogP contribution in [0.5, 0.6) is 0 Å². The van der Waals surface area contributed by atoms with Crippen LogP contribution in [-0.2, 0) is 31.4 Å². The van der Waals surface area contributed by atoms with Crippen molar-refractivity contribution in [3.8, 4) is 0 Å². The molecule has 407 valence electrons. The number of urea groups is 2. The number of ether oxygens (including phenoxy) is 1. The zero-order chi connectivity index (χ0) is 53.1. The first-order chi connectivity index (χ1) is 34.4. The molecule has 4 aromatic rings. The number of hydrazine groups is 1. The number of hydrazone groups is 3. The number of nitrogens with one attached hydrogen (secondary N) is 3. The van der Waals surface area contributed by atoms with E-state index in [2.05, 4.69) is 62.4 Å². The molecule has 0 spiro atoms. The van der Waals surface area contributed by atoms with E-state index in [1.165, 1.54) is 5.56 Å². The number of hydrogen-bond acceptors (Lipinski definition) is 14. The number of carbonyl (C=O) groups excluding carboxylic acids is 3. The first-order valence-corrected chi connectivity index (χ1v) is 23.2. The van der Waals surface area contributed by atoms with Crippen molar-refractivity contribution in [2.45, 2.75) is 97.1 Å². The van der Waals surface area contributed by atoms with Gasteiger partial charge in [0, 0.05) is 114 Å². The quantitative estimate of drug-likeness (QED) is 0.0432. The van der Waals surface area contributed by atoms with Gasteiger partial charge in [0.25, 0.3) is 11.9 Å². The third kappa shape index (κ3) is 23.0. The molecular formula is C52H74CuN12O9. The number of nitrogens with zero attached hydrogens (tertiary/aromatic N) is 7. The number of aliphatic hydroxyl groups excluding tert-OH is 1. The second kappa shape index (κ2) is 34.1. The SMILES string of the molecule is C.C1=NNC(c2ccccc2)C1.CC(=O)O.CC(=O)O.CC(C)(C)OC(=O)NN.CO.NC1CN(C(=O)N2N=CCC2c2ccccc2)C1.O=C(N1CC(Nc2ccccc2)C1)N1N=CCC1c1ccccc1.[Cu].